The first-order valence-corrected chi connectivity index (χ1v) is 11.5. The van der Waals surface area contributed by atoms with Crippen molar-refractivity contribution in [1.82, 2.24) is 15.1 Å². The summed E-state index contributed by atoms with van der Waals surface area (Å²) in [6.45, 7) is 1.46. The van der Waals surface area contributed by atoms with Crippen molar-refractivity contribution in [2.24, 2.45) is 0 Å². The molecule has 3 heterocycles. The molecule has 178 valence electrons. The molecule has 0 unspecified atom stereocenters. The lowest BCUT2D eigenvalue weighted by Gasteiger charge is -2.27. The Morgan fingerprint density at radius 1 is 1.11 bits per heavy atom. The van der Waals surface area contributed by atoms with E-state index in [9.17, 15) is 9.59 Å². The molecule has 2 amide bonds. The van der Waals surface area contributed by atoms with Gasteiger partial charge in [-0.3, -0.25) is 14.5 Å². The molecule has 8 heteroatoms. The second-order valence-electron chi connectivity index (χ2n) is 8.35. The minimum atomic E-state index is -0.139. The van der Waals surface area contributed by atoms with Crippen molar-refractivity contribution in [3.8, 4) is 17.0 Å². The van der Waals surface area contributed by atoms with Gasteiger partial charge in [0.2, 0.25) is 5.91 Å². The first-order chi connectivity index (χ1) is 17.1. The van der Waals surface area contributed by atoms with Gasteiger partial charge in [0.15, 0.2) is 0 Å². The monoisotopic (exact) mass is 470 g/mol. The Morgan fingerprint density at radius 2 is 1.91 bits per heavy atom. The highest BCUT2D eigenvalue weighted by Gasteiger charge is 2.26. The molecular weight excluding hydrogens is 444 g/mol. The Morgan fingerprint density at radius 3 is 2.63 bits per heavy atom. The number of rotatable bonds is 8. The molecule has 0 saturated heterocycles. The third-order valence-corrected chi connectivity index (χ3v) is 6.05. The summed E-state index contributed by atoms with van der Waals surface area (Å²) in [6, 6.07) is 20.7. The third kappa shape index (κ3) is 4.96. The van der Waals surface area contributed by atoms with E-state index in [0.717, 1.165) is 34.1 Å². The fourth-order valence-electron chi connectivity index (χ4n) is 4.13. The molecule has 1 aliphatic rings. The molecule has 0 spiro atoms. The molecule has 5 rings (SSSR count). The number of hydrogen-bond donors (Lipinski definition) is 1. The SMILES string of the molecule is COc1ccc(-c2cc3n(n2)CCC(=O)N3Cc2ccc(C(=O)NCCc3ccco3)cc2)cc1. The van der Waals surface area contributed by atoms with Crippen LogP contribution in [0.4, 0.5) is 5.82 Å². The standard InChI is InChI=1S/C27H26N4O4/c1-34-22-10-8-20(9-11-22)24-17-25-30(26(32)13-15-31(25)29-24)18-19-4-6-21(7-5-19)27(33)28-14-12-23-3-2-16-35-23/h2-11,16-17H,12-15,18H2,1H3,(H,28,33). The number of furan rings is 1. The summed E-state index contributed by atoms with van der Waals surface area (Å²) in [7, 11) is 1.63. The molecule has 2 aromatic carbocycles. The molecule has 35 heavy (non-hydrogen) atoms. The van der Waals surface area contributed by atoms with E-state index in [-0.39, 0.29) is 11.8 Å². The second kappa shape index (κ2) is 9.89. The van der Waals surface area contributed by atoms with E-state index in [0.29, 0.717) is 38.0 Å². The molecule has 1 aliphatic heterocycles. The highest BCUT2D eigenvalue weighted by Crippen LogP contribution is 2.30. The van der Waals surface area contributed by atoms with Gasteiger partial charge in [-0.1, -0.05) is 12.1 Å². The zero-order valence-corrected chi connectivity index (χ0v) is 19.4. The highest BCUT2D eigenvalue weighted by atomic mass is 16.5. The first kappa shape index (κ1) is 22.5. The minimum Gasteiger partial charge on any atom is -0.497 e. The number of benzene rings is 2. The lowest BCUT2D eigenvalue weighted by Crippen LogP contribution is -2.36. The summed E-state index contributed by atoms with van der Waals surface area (Å²) in [5.41, 5.74) is 3.28. The van der Waals surface area contributed by atoms with Crippen LogP contribution in [0.2, 0.25) is 0 Å². The molecular formula is C27H26N4O4. The van der Waals surface area contributed by atoms with E-state index >= 15 is 0 Å². The summed E-state index contributed by atoms with van der Waals surface area (Å²) >= 11 is 0. The smallest absolute Gasteiger partial charge is 0.251 e. The fraction of sp³-hybridized carbons (Fsp3) is 0.222. The zero-order chi connectivity index (χ0) is 24.2. The van der Waals surface area contributed by atoms with Gasteiger partial charge in [-0.15, -0.1) is 0 Å². The van der Waals surface area contributed by atoms with Crippen LogP contribution in [0.15, 0.2) is 77.4 Å². The van der Waals surface area contributed by atoms with Crippen LogP contribution < -0.4 is 15.0 Å². The lowest BCUT2D eigenvalue weighted by atomic mass is 10.1. The van der Waals surface area contributed by atoms with E-state index in [1.54, 1.807) is 30.4 Å². The Balaban J connectivity index is 1.26. The van der Waals surface area contributed by atoms with Gasteiger partial charge in [0.05, 0.1) is 32.2 Å². The maximum absolute atomic E-state index is 12.8. The second-order valence-corrected chi connectivity index (χ2v) is 8.35. The molecule has 0 bridgehead atoms. The predicted molar refractivity (Wildman–Crippen MR) is 131 cm³/mol. The van der Waals surface area contributed by atoms with Gasteiger partial charge in [-0.05, 0) is 54.1 Å². The van der Waals surface area contributed by atoms with Crippen molar-refractivity contribution >= 4 is 17.6 Å². The number of anilines is 1. The fourth-order valence-corrected chi connectivity index (χ4v) is 4.13. The Labute approximate surface area is 203 Å². The van der Waals surface area contributed by atoms with Crippen molar-refractivity contribution in [1.29, 1.82) is 0 Å². The van der Waals surface area contributed by atoms with Crippen LogP contribution in [0.3, 0.4) is 0 Å². The number of aromatic nitrogens is 2. The van der Waals surface area contributed by atoms with Crippen LogP contribution in [0.25, 0.3) is 11.3 Å². The van der Waals surface area contributed by atoms with E-state index < -0.39 is 0 Å². The Hall–Kier alpha value is -4.33. The summed E-state index contributed by atoms with van der Waals surface area (Å²) in [5, 5.41) is 7.61. The topological polar surface area (TPSA) is 89.6 Å². The average Bonchev–Trinajstić information content (AvgIpc) is 3.56. The number of carbonyl (C=O) groups excluding carboxylic acids is 2. The summed E-state index contributed by atoms with van der Waals surface area (Å²) in [4.78, 5) is 27.0. The van der Waals surface area contributed by atoms with Crippen molar-refractivity contribution in [3.05, 3.63) is 89.9 Å². The van der Waals surface area contributed by atoms with Gasteiger partial charge in [-0.2, -0.15) is 5.10 Å². The minimum absolute atomic E-state index is 0.0541. The molecule has 0 fully saturated rings. The quantitative estimate of drug-likeness (QED) is 0.420. The van der Waals surface area contributed by atoms with E-state index in [4.69, 9.17) is 14.3 Å². The van der Waals surface area contributed by atoms with Crippen molar-refractivity contribution < 1.29 is 18.7 Å². The van der Waals surface area contributed by atoms with Crippen LogP contribution in [0, 0.1) is 0 Å². The van der Waals surface area contributed by atoms with Crippen LogP contribution in [0.1, 0.15) is 28.1 Å². The predicted octanol–water partition coefficient (Wildman–Crippen LogP) is 4.06. The van der Waals surface area contributed by atoms with Crippen molar-refractivity contribution in [2.75, 3.05) is 18.6 Å². The number of amides is 2. The Bertz CT molecular complexity index is 1310. The third-order valence-electron chi connectivity index (χ3n) is 6.05. The number of ether oxygens (including phenoxy) is 1. The van der Waals surface area contributed by atoms with Crippen molar-refractivity contribution in [3.63, 3.8) is 0 Å². The maximum atomic E-state index is 12.8. The maximum Gasteiger partial charge on any atom is 0.251 e. The average molecular weight is 471 g/mol. The number of methoxy groups -OCH3 is 1. The largest absolute Gasteiger partial charge is 0.497 e. The molecule has 0 atom stereocenters. The molecule has 1 N–H and O–H groups in total. The van der Waals surface area contributed by atoms with Crippen LogP contribution in [-0.4, -0.2) is 35.2 Å². The van der Waals surface area contributed by atoms with E-state index in [1.807, 2.05) is 59.3 Å². The summed E-state index contributed by atoms with van der Waals surface area (Å²) in [5.74, 6) is 2.30. The normalized spacial score (nSPS) is 12.9. The van der Waals surface area contributed by atoms with Gasteiger partial charge < -0.3 is 14.5 Å². The molecule has 8 nitrogen and oxygen atoms in total. The number of nitrogens with one attached hydrogen (secondary N) is 1. The highest BCUT2D eigenvalue weighted by molar-refractivity contribution is 5.95. The lowest BCUT2D eigenvalue weighted by molar-refractivity contribution is -0.119. The van der Waals surface area contributed by atoms with Crippen LogP contribution in [0.5, 0.6) is 5.75 Å². The zero-order valence-electron chi connectivity index (χ0n) is 19.4. The Kier molecular flexibility index (Phi) is 6.34. The van der Waals surface area contributed by atoms with Gasteiger partial charge in [0, 0.05) is 36.6 Å². The van der Waals surface area contributed by atoms with Gasteiger partial charge in [0.25, 0.3) is 5.91 Å². The molecule has 0 aliphatic carbocycles. The molecule has 2 aromatic heterocycles. The van der Waals surface area contributed by atoms with Gasteiger partial charge >= 0.3 is 0 Å². The van der Waals surface area contributed by atoms with Crippen LogP contribution >= 0.6 is 0 Å². The number of fused-ring (bicyclic) bond motifs is 1. The number of nitrogens with zero attached hydrogens (tertiary/aromatic N) is 3. The number of hydrogen-bond acceptors (Lipinski definition) is 5. The van der Waals surface area contributed by atoms with Crippen LogP contribution in [-0.2, 0) is 24.3 Å². The molecule has 0 saturated carbocycles. The van der Waals surface area contributed by atoms with E-state index in [1.165, 1.54) is 0 Å². The first-order valence-electron chi connectivity index (χ1n) is 11.5. The molecule has 4 aromatic rings. The molecule has 0 radical (unpaired) electrons. The van der Waals surface area contributed by atoms with Gasteiger partial charge in [-0.25, -0.2) is 4.68 Å². The van der Waals surface area contributed by atoms with Crippen molar-refractivity contribution in [2.45, 2.75) is 25.9 Å². The summed E-state index contributed by atoms with van der Waals surface area (Å²) < 4.78 is 12.4. The van der Waals surface area contributed by atoms with E-state index in [2.05, 4.69) is 5.32 Å². The van der Waals surface area contributed by atoms with Gasteiger partial charge in [0.1, 0.15) is 17.3 Å². The number of aryl methyl sites for hydroxylation is 1. The summed E-state index contributed by atoms with van der Waals surface area (Å²) in [6.07, 6.45) is 2.66. The number of carbonyl (C=O) groups is 2.